The molecule has 2 fully saturated rings. The SMILES string of the molecule is COc1ccc(OC)c(P(C2CCCC2)C2CCCC2)c1-c1cc(C(F)(F)F)cc(C(F)(F)F)c1.C[Si](C)(C)CCOC(=O)c1cc[c-]cc1.[Br][Pd+]. The molecule has 0 amide bonds. The van der Waals surface area contributed by atoms with Crippen LogP contribution in [-0.4, -0.2) is 46.2 Å². The quantitative estimate of drug-likeness (QED) is 0.0668. The summed E-state index contributed by atoms with van der Waals surface area (Å²) in [5, 5.41) is 0.744. The van der Waals surface area contributed by atoms with Crippen LogP contribution in [0.5, 0.6) is 11.5 Å². The van der Waals surface area contributed by atoms with E-state index < -0.39 is 39.5 Å². The standard InChI is InChI=1S/C26H29F6O2P.C12H17O2Si.BrH.Pd/c1-33-21-11-12-22(34-2)24(35(19-7-3-4-8-19)20-9-5-6-10-20)23(21)16-13-17(25(27,28)29)15-18(14-16)26(30,31)32;1-15(2,3)10-9-14-12(13)11-7-5-4-6-8-11;;/h11-15,19-20H,3-10H2,1-2H3;5-8H,9-10H2,1-3H3;1H;/q;-1;;+2/p-1. The first kappa shape index (κ1) is 44.5. The number of hydrogen-bond donors (Lipinski definition) is 0. The minimum atomic E-state index is -4.93. The Morgan fingerprint density at radius 1 is 0.808 bits per heavy atom. The zero-order chi connectivity index (χ0) is 38.7. The number of alkyl halides is 6. The molecule has 0 heterocycles. The fraction of sp³-hybridized carbons (Fsp3) is 0.500. The van der Waals surface area contributed by atoms with Gasteiger partial charge in [-0.3, -0.25) is 0 Å². The van der Waals surface area contributed by atoms with E-state index in [1.54, 1.807) is 36.4 Å². The summed E-state index contributed by atoms with van der Waals surface area (Å²) in [7, 11) is 0.887. The molecule has 2 saturated carbocycles. The van der Waals surface area contributed by atoms with E-state index in [4.69, 9.17) is 14.2 Å². The van der Waals surface area contributed by atoms with Gasteiger partial charge in [0.15, 0.2) is 0 Å². The van der Waals surface area contributed by atoms with Crippen LogP contribution in [-0.2, 0) is 34.3 Å². The van der Waals surface area contributed by atoms with Crippen molar-refractivity contribution in [3.05, 3.63) is 77.4 Å². The van der Waals surface area contributed by atoms with Gasteiger partial charge in [-0.05, 0) is 84.5 Å². The zero-order valence-corrected chi connectivity index (χ0v) is 35.0. The Bertz CT molecular complexity index is 1530. The van der Waals surface area contributed by atoms with Gasteiger partial charge in [0.1, 0.15) is 11.5 Å². The van der Waals surface area contributed by atoms with Crippen LogP contribution in [0.1, 0.15) is 72.9 Å². The van der Waals surface area contributed by atoms with Crippen LogP contribution in [0.3, 0.4) is 0 Å². The van der Waals surface area contributed by atoms with Gasteiger partial charge in [-0.1, -0.05) is 53.2 Å². The van der Waals surface area contributed by atoms with Gasteiger partial charge in [-0.2, -0.15) is 56.7 Å². The first-order valence-electron chi connectivity index (χ1n) is 17.1. The Morgan fingerprint density at radius 3 is 1.69 bits per heavy atom. The molecular weight excluding hydrogens is 880 g/mol. The van der Waals surface area contributed by atoms with Gasteiger partial charge in [-0.15, -0.1) is 0 Å². The van der Waals surface area contributed by atoms with Gasteiger partial charge in [0.05, 0.1) is 32.0 Å². The third-order valence-corrected chi connectivity index (χ3v) is 14.4. The van der Waals surface area contributed by atoms with Crippen molar-refractivity contribution in [1.29, 1.82) is 0 Å². The van der Waals surface area contributed by atoms with Crippen LogP contribution in [0.25, 0.3) is 11.1 Å². The zero-order valence-electron chi connectivity index (χ0n) is 30.0. The van der Waals surface area contributed by atoms with Crippen LogP contribution in [0.4, 0.5) is 26.3 Å². The number of ether oxygens (including phenoxy) is 3. The molecule has 3 aromatic rings. The van der Waals surface area contributed by atoms with Crippen molar-refractivity contribution in [3.63, 3.8) is 0 Å². The summed E-state index contributed by atoms with van der Waals surface area (Å²) >= 11 is 5.35. The van der Waals surface area contributed by atoms with E-state index in [0.717, 1.165) is 74.8 Å². The van der Waals surface area contributed by atoms with E-state index in [9.17, 15) is 31.1 Å². The summed E-state index contributed by atoms with van der Waals surface area (Å²) < 4.78 is 98.7. The number of esters is 1. The summed E-state index contributed by atoms with van der Waals surface area (Å²) in [4.78, 5) is 11.5. The first-order chi connectivity index (χ1) is 24.5. The van der Waals surface area contributed by atoms with E-state index >= 15 is 0 Å². The number of benzene rings is 3. The number of rotatable bonds is 10. The van der Waals surface area contributed by atoms with Crippen LogP contribution >= 0.6 is 21.4 Å². The van der Waals surface area contributed by atoms with Gasteiger partial charge in [0, 0.05) is 18.9 Å². The van der Waals surface area contributed by atoms with Gasteiger partial charge in [0.25, 0.3) is 0 Å². The molecule has 0 unspecified atom stereocenters. The van der Waals surface area contributed by atoms with Crippen molar-refractivity contribution < 1.29 is 62.5 Å². The molecule has 3 aromatic carbocycles. The van der Waals surface area contributed by atoms with E-state index in [-0.39, 0.29) is 23.3 Å². The Labute approximate surface area is 323 Å². The average molecular weight is 926 g/mol. The van der Waals surface area contributed by atoms with Crippen molar-refractivity contribution in [2.24, 2.45) is 0 Å². The van der Waals surface area contributed by atoms with Crippen molar-refractivity contribution in [2.75, 3.05) is 20.8 Å². The van der Waals surface area contributed by atoms with Gasteiger partial charge in [-0.25, -0.2) is 4.79 Å². The normalized spacial score (nSPS) is 15.4. The number of halogens is 7. The predicted octanol–water partition coefficient (Wildman–Crippen LogP) is 12.2. The first-order valence-corrected chi connectivity index (χ1v) is 25.9. The van der Waals surface area contributed by atoms with E-state index in [2.05, 4.69) is 56.3 Å². The predicted molar refractivity (Wildman–Crippen MR) is 199 cm³/mol. The molecular formula is C38H46BrF6O4PPdSi. The molecule has 0 aromatic heterocycles. The van der Waals surface area contributed by atoms with Crippen molar-refractivity contribution in [3.8, 4) is 22.6 Å². The van der Waals surface area contributed by atoms with E-state index in [1.165, 1.54) is 14.2 Å². The Morgan fingerprint density at radius 2 is 1.27 bits per heavy atom. The fourth-order valence-electron chi connectivity index (χ4n) is 6.61. The van der Waals surface area contributed by atoms with Crippen molar-refractivity contribution in [1.82, 2.24) is 0 Å². The monoisotopic (exact) mass is 924 g/mol. The second-order valence-corrected chi connectivity index (χ2v) is 22.4. The molecule has 290 valence electrons. The fourth-order valence-corrected chi connectivity index (χ4v) is 11.4. The molecule has 4 nitrogen and oxygen atoms in total. The molecule has 0 bridgehead atoms. The Kier molecular flexibility index (Phi) is 17.2. The molecule has 0 spiro atoms. The second kappa shape index (κ2) is 20.1. The van der Waals surface area contributed by atoms with Gasteiger partial charge in [0.2, 0.25) is 0 Å². The summed E-state index contributed by atoms with van der Waals surface area (Å²) in [5.41, 5.74) is -1.17. The molecule has 5 rings (SSSR count). The molecule has 52 heavy (non-hydrogen) atoms. The van der Waals surface area contributed by atoms with Crippen LogP contribution in [0, 0.1) is 6.07 Å². The summed E-state index contributed by atoms with van der Waals surface area (Å²) in [6.07, 6.45) is -1.47. The maximum atomic E-state index is 13.7. The molecule has 2 aliphatic rings. The average Bonchev–Trinajstić information content (AvgIpc) is 3.84. The molecule has 0 radical (unpaired) electrons. The van der Waals surface area contributed by atoms with Gasteiger partial charge < -0.3 is 14.2 Å². The van der Waals surface area contributed by atoms with Crippen LogP contribution in [0.2, 0.25) is 25.7 Å². The van der Waals surface area contributed by atoms with Crippen LogP contribution < -0.4 is 14.8 Å². The molecule has 0 atom stereocenters. The number of methoxy groups -OCH3 is 2. The molecule has 0 N–H and O–H groups in total. The number of carbonyl (C=O) groups excluding carboxylic acids is 1. The summed E-state index contributed by atoms with van der Waals surface area (Å²) in [6, 6.07) is 15.9. The van der Waals surface area contributed by atoms with E-state index in [1.807, 2.05) is 0 Å². The maximum absolute atomic E-state index is 13.7. The summed E-state index contributed by atoms with van der Waals surface area (Å²) in [6.45, 7) is 7.32. The molecule has 2 aliphatic carbocycles. The van der Waals surface area contributed by atoms with E-state index in [0.29, 0.717) is 34.8 Å². The number of carbonyl (C=O) groups is 1. The van der Waals surface area contributed by atoms with Gasteiger partial charge >= 0.3 is 48.9 Å². The summed E-state index contributed by atoms with van der Waals surface area (Å²) in [5.74, 6) is 0.538. The third kappa shape index (κ3) is 12.6. The van der Waals surface area contributed by atoms with Crippen molar-refractivity contribution in [2.45, 2.75) is 101 Å². The molecule has 0 aliphatic heterocycles. The topological polar surface area (TPSA) is 44.8 Å². The Hall–Kier alpha value is -1.90. The third-order valence-electron chi connectivity index (χ3n) is 9.15. The molecule has 0 saturated heterocycles. The number of hydrogen-bond acceptors (Lipinski definition) is 4. The second-order valence-electron chi connectivity index (χ2n) is 14.0. The van der Waals surface area contributed by atoms with Crippen LogP contribution in [0.15, 0.2) is 54.6 Å². The minimum absolute atomic E-state index is 0.138. The Balaban J connectivity index is 0.000000359. The van der Waals surface area contributed by atoms with Crippen molar-refractivity contribution >= 4 is 40.7 Å². The molecule has 14 heteroatoms.